The summed E-state index contributed by atoms with van der Waals surface area (Å²) in [7, 11) is 3.46. The van der Waals surface area contributed by atoms with Gasteiger partial charge < -0.3 is 24.5 Å². The number of aromatic nitrogens is 2. The van der Waals surface area contributed by atoms with Gasteiger partial charge in [0.15, 0.2) is 5.75 Å². The summed E-state index contributed by atoms with van der Waals surface area (Å²) >= 11 is 6.12. The number of likely N-dealkylation sites (tertiary alicyclic amines) is 1. The van der Waals surface area contributed by atoms with Gasteiger partial charge in [-0.2, -0.15) is 4.68 Å². The number of carbonyl (C=O) groups excluding carboxylic acids is 1. The third kappa shape index (κ3) is 3.68. The van der Waals surface area contributed by atoms with Gasteiger partial charge in [0.1, 0.15) is 5.75 Å². The summed E-state index contributed by atoms with van der Waals surface area (Å²) in [4.78, 5) is 25.4. The molecule has 0 spiro atoms. The van der Waals surface area contributed by atoms with Crippen molar-refractivity contribution in [1.82, 2.24) is 14.7 Å². The number of primary amides is 1. The number of piperidine rings is 1. The molecule has 0 unspecified atom stereocenters. The molecule has 0 saturated carbocycles. The number of rotatable bonds is 4. The highest BCUT2D eigenvalue weighted by Crippen LogP contribution is 2.38. The van der Waals surface area contributed by atoms with Gasteiger partial charge in [-0.3, -0.25) is 0 Å². The minimum Gasteiger partial charge on any atom is -0.496 e. The third-order valence-electron chi connectivity index (χ3n) is 4.30. The molecule has 1 fully saturated rings. The highest BCUT2D eigenvalue weighted by atomic mass is 35.5. The number of halogens is 1. The zero-order valence-electron chi connectivity index (χ0n) is 14.4. The van der Waals surface area contributed by atoms with Crippen molar-refractivity contribution in [3.8, 4) is 23.0 Å². The van der Waals surface area contributed by atoms with Crippen LogP contribution < -0.4 is 21.0 Å². The molecule has 0 radical (unpaired) electrons. The third-order valence-corrected chi connectivity index (χ3v) is 4.59. The molecule has 2 aromatic rings. The van der Waals surface area contributed by atoms with Crippen molar-refractivity contribution in [3.05, 3.63) is 27.7 Å². The van der Waals surface area contributed by atoms with E-state index in [2.05, 4.69) is 10.00 Å². The second-order valence-corrected chi connectivity index (χ2v) is 6.46. The predicted octanol–water partition coefficient (Wildman–Crippen LogP) is 1.89. The maximum atomic E-state index is 12.3. The van der Waals surface area contributed by atoms with Crippen molar-refractivity contribution in [2.24, 2.45) is 5.73 Å². The predicted molar refractivity (Wildman–Crippen MR) is 93.7 cm³/mol. The van der Waals surface area contributed by atoms with Crippen molar-refractivity contribution in [2.45, 2.75) is 18.9 Å². The molecule has 1 saturated heterocycles. The van der Waals surface area contributed by atoms with Crippen LogP contribution in [-0.2, 0) is 0 Å². The standard InChI is InChI=1S/C16H19ClN4O5/c1-20-5-3-9(4-6-20)21-16(23)26-14(19-21)10-7-11(17)13(25-15(18)22)8-12(10)24-2/h7-9H,3-6H2,1-2H3,(H2,18,22). The number of hydrogen-bond donors (Lipinski definition) is 1. The van der Waals surface area contributed by atoms with Crippen molar-refractivity contribution in [2.75, 3.05) is 27.2 Å². The fourth-order valence-electron chi connectivity index (χ4n) is 2.92. The molecule has 26 heavy (non-hydrogen) atoms. The van der Waals surface area contributed by atoms with Gasteiger partial charge in [-0.15, -0.1) is 5.10 Å². The van der Waals surface area contributed by atoms with Crippen LogP contribution in [0.25, 0.3) is 11.5 Å². The van der Waals surface area contributed by atoms with Crippen LogP contribution in [0.1, 0.15) is 18.9 Å². The lowest BCUT2D eigenvalue weighted by Crippen LogP contribution is -2.34. The summed E-state index contributed by atoms with van der Waals surface area (Å²) < 4.78 is 16.8. The summed E-state index contributed by atoms with van der Waals surface area (Å²) in [5.74, 6) is -0.136. The first-order valence-corrected chi connectivity index (χ1v) is 8.40. The van der Waals surface area contributed by atoms with E-state index in [0.717, 1.165) is 25.9 Å². The van der Waals surface area contributed by atoms with Crippen LogP contribution in [0.4, 0.5) is 4.79 Å². The monoisotopic (exact) mass is 382 g/mol. The Hall–Kier alpha value is -2.52. The fraction of sp³-hybridized carbons (Fsp3) is 0.438. The lowest BCUT2D eigenvalue weighted by atomic mass is 10.1. The summed E-state index contributed by atoms with van der Waals surface area (Å²) in [5, 5.41) is 4.42. The van der Waals surface area contributed by atoms with Gasteiger partial charge in [0.25, 0.3) is 5.89 Å². The highest BCUT2D eigenvalue weighted by molar-refractivity contribution is 6.32. The molecule has 0 aliphatic carbocycles. The molecule has 3 rings (SSSR count). The molecular weight excluding hydrogens is 364 g/mol. The van der Waals surface area contributed by atoms with E-state index >= 15 is 0 Å². The van der Waals surface area contributed by atoms with E-state index in [1.54, 1.807) is 0 Å². The van der Waals surface area contributed by atoms with E-state index in [-0.39, 0.29) is 28.5 Å². The van der Waals surface area contributed by atoms with Gasteiger partial charge in [-0.1, -0.05) is 11.6 Å². The number of ether oxygens (including phenoxy) is 2. The average molecular weight is 383 g/mol. The minimum atomic E-state index is -1.00. The van der Waals surface area contributed by atoms with Gasteiger partial charge in [0.05, 0.1) is 23.7 Å². The largest absolute Gasteiger partial charge is 0.496 e. The van der Waals surface area contributed by atoms with E-state index in [0.29, 0.717) is 5.56 Å². The Morgan fingerprint density at radius 1 is 1.35 bits per heavy atom. The molecule has 1 aromatic carbocycles. The molecule has 9 nitrogen and oxygen atoms in total. The average Bonchev–Trinajstić information content (AvgIpc) is 2.98. The SMILES string of the molecule is COc1cc(OC(N)=O)c(Cl)cc1-c1nn(C2CCN(C)CC2)c(=O)o1. The van der Waals surface area contributed by atoms with Gasteiger partial charge in [-0.05, 0) is 39.0 Å². The van der Waals surface area contributed by atoms with Crippen LogP contribution in [0.2, 0.25) is 5.02 Å². The van der Waals surface area contributed by atoms with Gasteiger partial charge in [-0.25, -0.2) is 9.59 Å². The first kappa shape index (κ1) is 18.3. The number of nitrogens with zero attached hydrogens (tertiary/aromatic N) is 3. The molecular formula is C16H19ClN4O5. The molecule has 140 valence electrons. The second-order valence-electron chi connectivity index (χ2n) is 6.06. The quantitative estimate of drug-likeness (QED) is 0.858. The fourth-order valence-corrected chi connectivity index (χ4v) is 3.13. The van der Waals surface area contributed by atoms with Crippen molar-refractivity contribution in [3.63, 3.8) is 0 Å². The number of methoxy groups -OCH3 is 1. The maximum Gasteiger partial charge on any atom is 0.437 e. The van der Waals surface area contributed by atoms with Crippen molar-refractivity contribution >= 4 is 17.7 Å². The molecule has 2 N–H and O–H groups in total. The van der Waals surface area contributed by atoms with Crippen molar-refractivity contribution < 1.29 is 18.7 Å². The van der Waals surface area contributed by atoms with E-state index in [4.69, 9.17) is 31.2 Å². The maximum absolute atomic E-state index is 12.3. The van der Waals surface area contributed by atoms with Crippen LogP contribution >= 0.6 is 11.6 Å². The Bertz CT molecular complexity index is 870. The molecule has 1 aromatic heterocycles. The van der Waals surface area contributed by atoms with Gasteiger partial charge in [0, 0.05) is 6.07 Å². The Kier molecular flexibility index (Phi) is 5.19. The van der Waals surface area contributed by atoms with Crippen LogP contribution in [0.15, 0.2) is 21.3 Å². The van der Waals surface area contributed by atoms with Gasteiger partial charge in [0.2, 0.25) is 0 Å². The molecule has 1 aliphatic heterocycles. The first-order valence-electron chi connectivity index (χ1n) is 8.02. The molecule has 0 bridgehead atoms. The van der Waals surface area contributed by atoms with Crippen molar-refractivity contribution in [1.29, 1.82) is 0 Å². The molecule has 1 aliphatic rings. The molecule has 10 heteroatoms. The van der Waals surface area contributed by atoms with Crippen LogP contribution in [0.3, 0.4) is 0 Å². The van der Waals surface area contributed by atoms with Gasteiger partial charge >= 0.3 is 11.8 Å². The smallest absolute Gasteiger partial charge is 0.437 e. The molecule has 2 heterocycles. The lowest BCUT2D eigenvalue weighted by molar-refractivity contribution is 0.206. The summed E-state index contributed by atoms with van der Waals surface area (Å²) in [6.45, 7) is 1.77. The van der Waals surface area contributed by atoms with Crippen LogP contribution in [-0.4, -0.2) is 48.0 Å². The minimum absolute atomic E-state index is 0.0184. The summed E-state index contributed by atoms with van der Waals surface area (Å²) in [5.41, 5.74) is 5.38. The second kappa shape index (κ2) is 7.38. The molecule has 1 amide bonds. The first-order chi connectivity index (χ1) is 12.4. The Morgan fingerprint density at radius 2 is 2.04 bits per heavy atom. The normalized spacial score (nSPS) is 15.8. The number of hydrogen-bond acceptors (Lipinski definition) is 7. The van der Waals surface area contributed by atoms with Crippen LogP contribution in [0, 0.1) is 0 Å². The topological polar surface area (TPSA) is 113 Å². The summed E-state index contributed by atoms with van der Waals surface area (Å²) in [6.07, 6.45) is 0.622. The Morgan fingerprint density at radius 3 is 2.65 bits per heavy atom. The molecule has 0 atom stereocenters. The van der Waals surface area contributed by atoms with E-state index < -0.39 is 11.8 Å². The number of carbonyl (C=O) groups is 1. The van der Waals surface area contributed by atoms with E-state index in [9.17, 15) is 9.59 Å². The highest BCUT2D eigenvalue weighted by Gasteiger charge is 2.25. The number of benzene rings is 1. The number of amides is 1. The Labute approximate surface area is 154 Å². The lowest BCUT2D eigenvalue weighted by Gasteiger charge is -2.27. The zero-order valence-corrected chi connectivity index (χ0v) is 15.2. The Balaban J connectivity index is 1.96. The van der Waals surface area contributed by atoms with E-state index in [1.807, 2.05) is 7.05 Å². The number of nitrogens with two attached hydrogens (primary N) is 1. The van der Waals surface area contributed by atoms with Crippen LogP contribution in [0.5, 0.6) is 11.5 Å². The van der Waals surface area contributed by atoms with E-state index in [1.165, 1.54) is 23.9 Å². The zero-order chi connectivity index (χ0) is 18.8. The summed E-state index contributed by atoms with van der Waals surface area (Å²) in [6, 6.07) is 2.81.